The molecule has 0 radical (unpaired) electrons. The van der Waals surface area contributed by atoms with Crippen LogP contribution >= 0.6 is 0 Å². The number of carbonyl (C=O) groups is 1. The molecule has 1 N–H and O–H groups in total. The highest BCUT2D eigenvalue weighted by Crippen LogP contribution is 2.24. The monoisotopic (exact) mass is 230 g/mol. The molecule has 0 fully saturated rings. The quantitative estimate of drug-likeness (QED) is 0.857. The number of halogens is 1. The minimum absolute atomic E-state index is 0.228. The first-order chi connectivity index (χ1) is 8.08. The summed E-state index contributed by atoms with van der Waals surface area (Å²) in [5.74, 6) is -1.26. The molecule has 2 aromatic rings. The molecule has 0 bridgehead atoms. The second-order valence-corrected chi connectivity index (χ2v) is 3.85. The van der Waals surface area contributed by atoms with E-state index in [1.54, 1.807) is 25.1 Å². The molecule has 2 nitrogen and oxygen atoms in total. The number of carboxylic acid groups (broad SMARTS) is 1. The van der Waals surface area contributed by atoms with Crippen LogP contribution in [0, 0.1) is 12.7 Å². The average Bonchev–Trinajstić information content (AvgIpc) is 2.29. The Morgan fingerprint density at radius 3 is 2.59 bits per heavy atom. The third-order valence-corrected chi connectivity index (χ3v) is 2.61. The standard InChI is InChI=1S/C14H11FO2/c1-9-7-12(15)5-6-13(9)10-3-2-4-11(8-10)14(16)17/h2-8H,1H3,(H,16,17). The number of aromatic carboxylic acids is 1. The molecule has 86 valence electrons. The molecule has 0 unspecified atom stereocenters. The Morgan fingerprint density at radius 1 is 1.18 bits per heavy atom. The highest BCUT2D eigenvalue weighted by Gasteiger charge is 2.07. The van der Waals surface area contributed by atoms with Crippen LogP contribution in [0.2, 0.25) is 0 Å². The van der Waals surface area contributed by atoms with Gasteiger partial charge in [-0.1, -0.05) is 18.2 Å². The molecule has 0 aromatic heterocycles. The first kappa shape index (κ1) is 11.3. The summed E-state index contributed by atoms with van der Waals surface area (Å²) in [6, 6.07) is 11.1. The van der Waals surface area contributed by atoms with Gasteiger partial charge in [0.15, 0.2) is 0 Å². The van der Waals surface area contributed by atoms with Crippen molar-refractivity contribution in [2.75, 3.05) is 0 Å². The zero-order chi connectivity index (χ0) is 12.4. The van der Waals surface area contributed by atoms with Gasteiger partial charge in [0.2, 0.25) is 0 Å². The molecule has 0 aliphatic rings. The summed E-state index contributed by atoms with van der Waals surface area (Å²) in [6.45, 7) is 1.80. The molecule has 0 spiro atoms. The van der Waals surface area contributed by atoms with Crippen molar-refractivity contribution in [2.24, 2.45) is 0 Å². The van der Waals surface area contributed by atoms with Crippen molar-refractivity contribution in [1.82, 2.24) is 0 Å². The Balaban J connectivity index is 2.53. The van der Waals surface area contributed by atoms with Gasteiger partial charge >= 0.3 is 5.97 Å². The highest BCUT2D eigenvalue weighted by atomic mass is 19.1. The van der Waals surface area contributed by atoms with Crippen LogP contribution in [-0.4, -0.2) is 11.1 Å². The Kier molecular flexibility index (Phi) is 2.91. The fourth-order valence-electron chi connectivity index (χ4n) is 1.77. The summed E-state index contributed by atoms with van der Waals surface area (Å²) in [7, 11) is 0. The second kappa shape index (κ2) is 4.37. The molecule has 0 atom stereocenters. The van der Waals surface area contributed by atoms with Gasteiger partial charge in [-0.15, -0.1) is 0 Å². The van der Waals surface area contributed by atoms with Gasteiger partial charge in [0.1, 0.15) is 5.82 Å². The van der Waals surface area contributed by atoms with Crippen molar-refractivity contribution < 1.29 is 14.3 Å². The number of hydrogen-bond acceptors (Lipinski definition) is 1. The molecule has 0 heterocycles. The van der Waals surface area contributed by atoms with Crippen LogP contribution < -0.4 is 0 Å². The van der Waals surface area contributed by atoms with E-state index < -0.39 is 5.97 Å². The normalized spacial score (nSPS) is 10.2. The zero-order valence-corrected chi connectivity index (χ0v) is 9.27. The van der Waals surface area contributed by atoms with E-state index in [2.05, 4.69) is 0 Å². The van der Waals surface area contributed by atoms with Crippen LogP contribution in [0.25, 0.3) is 11.1 Å². The van der Waals surface area contributed by atoms with Gasteiger partial charge in [-0.2, -0.15) is 0 Å². The Labute approximate surface area is 98.3 Å². The number of aryl methyl sites for hydroxylation is 1. The SMILES string of the molecule is Cc1cc(F)ccc1-c1cccc(C(=O)O)c1. The van der Waals surface area contributed by atoms with Crippen molar-refractivity contribution in [3.8, 4) is 11.1 Å². The average molecular weight is 230 g/mol. The zero-order valence-electron chi connectivity index (χ0n) is 9.27. The molecule has 17 heavy (non-hydrogen) atoms. The van der Waals surface area contributed by atoms with Crippen molar-refractivity contribution in [3.05, 3.63) is 59.4 Å². The fourth-order valence-corrected chi connectivity index (χ4v) is 1.77. The molecule has 0 aliphatic heterocycles. The maximum atomic E-state index is 13.0. The lowest BCUT2D eigenvalue weighted by atomic mass is 9.99. The predicted molar refractivity (Wildman–Crippen MR) is 63.5 cm³/mol. The summed E-state index contributed by atoms with van der Waals surface area (Å²) in [5, 5.41) is 8.91. The Bertz CT molecular complexity index is 576. The van der Waals surface area contributed by atoms with Crippen LogP contribution in [0.4, 0.5) is 4.39 Å². The van der Waals surface area contributed by atoms with Crippen LogP contribution in [0.1, 0.15) is 15.9 Å². The van der Waals surface area contributed by atoms with E-state index in [-0.39, 0.29) is 11.4 Å². The Morgan fingerprint density at radius 2 is 1.94 bits per heavy atom. The van der Waals surface area contributed by atoms with Crippen molar-refractivity contribution in [3.63, 3.8) is 0 Å². The predicted octanol–water partition coefficient (Wildman–Crippen LogP) is 3.50. The molecule has 0 saturated carbocycles. The minimum Gasteiger partial charge on any atom is -0.478 e. The molecule has 3 heteroatoms. The van der Waals surface area contributed by atoms with Gasteiger partial charge in [0, 0.05) is 0 Å². The fraction of sp³-hybridized carbons (Fsp3) is 0.0714. The van der Waals surface area contributed by atoms with Crippen LogP contribution in [0.5, 0.6) is 0 Å². The lowest BCUT2D eigenvalue weighted by molar-refractivity contribution is 0.0697. The summed E-state index contributed by atoms with van der Waals surface area (Å²) in [5.41, 5.74) is 2.63. The minimum atomic E-state index is -0.966. The van der Waals surface area contributed by atoms with Crippen molar-refractivity contribution >= 4 is 5.97 Å². The third kappa shape index (κ3) is 2.33. The lowest BCUT2D eigenvalue weighted by Gasteiger charge is -2.06. The van der Waals surface area contributed by atoms with Crippen molar-refractivity contribution in [1.29, 1.82) is 0 Å². The van der Waals surface area contributed by atoms with E-state index in [0.29, 0.717) is 0 Å². The van der Waals surface area contributed by atoms with E-state index in [9.17, 15) is 9.18 Å². The van der Waals surface area contributed by atoms with E-state index >= 15 is 0 Å². The molecule has 0 aliphatic carbocycles. The summed E-state index contributed by atoms with van der Waals surface area (Å²) in [4.78, 5) is 10.9. The summed E-state index contributed by atoms with van der Waals surface area (Å²) < 4.78 is 13.0. The summed E-state index contributed by atoms with van der Waals surface area (Å²) in [6.07, 6.45) is 0. The topological polar surface area (TPSA) is 37.3 Å². The molecule has 0 saturated heterocycles. The van der Waals surface area contributed by atoms with Crippen molar-refractivity contribution in [2.45, 2.75) is 6.92 Å². The third-order valence-electron chi connectivity index (χ3n) is 2.61. The molecular formula is C14H11FO2. The van der Waals surface area contributed by atoms with Gasteiger partial charge in [-0.25, -0.2) is 9.18 Å². The summed E-state index contributed by atoms with van der Waals surface area (Å²) >= 11 is 0. The maximum absolute atomic E-state index is 13.0. The van der Waals surface area contributed by atoms with E-state index in [4.69, 9.17) is 5.11 Å². The number of benzene rings is 2. The molecule has 2 rings (SSSR count). The van der Waals surface area contributed by atoms with Gasteiger partial charge in [-0.05, 0) is 47.9 Å². The van der Waals surface area contributed by atoms with Gasteiger partial charge in [0.05, 0.1) is 5.56 Å². The smallest absolute Gasteiger partial charge is 0.335 e. The lowest BCUT2D eigenvalue weighted by Crippen LogP contribution is -1.96. The van der Waals surface area contributed by atoms with Gasteiger partial charge in [-0.3, -0.25) is 0 Å². The number of rotatable bonds is 2. The van der Waals surface area contributed by atoms with Gasteiger partial charge < -0.3 is 5.11 Å². The van der Waals surface area contributed by atoms with E-state index in [1.807, 2.05) is 6.07 Å². The second-order valence-electron chi connectivity index (χ2n) is 3.85. The molecule has 2 aromatic carbocycles. The van der Waals surface area contributed by atoms with Crippen LogP contribution in [0.15, 0.2) is 42.5 Å². The number of carboxylic acids is 1. The highest BCUT2D eigenvalue weighted by molar-refractivity contribution is 5.89. The first-order valence-corrected chi connectivity index (χ1v) is 5.18. The van der Waals surface area contributed by atoms with Crippen LogP contribution in [-0.2, 0) is 0 Å². The Hall–Kier alpha value is -2.16. The molecule has 0 amide bonds. The first-order valence-electron chi connectivity index (χ1n) is 5.18. The van der Waals surface area contributed by atoms with Crippen LogP contribution in [0.3, 0.4) is 0 Å². The van der Waals surface area contributed by atoms with E-state index in [0.717, 1.165) is 16.7 Å². The van der Waals surface area contributed by atoms with E-state index in [1.165, 1.54) is 18.2 Å². The maximum Gasteiger partial charge on any atom is 0.335 e. The van der Waals surface area contributed by atoms with Gasteiger partial charge in [0.25, 0.3) is 0 Å². The number of hydrogen-bond donors (Lipinski definition) is 1. The molecular weight excluding hydrogens is 219 g/mol. The largest absolute Gasteiger partial charge is 0.478 e.